The second kappa shape index (κ2) is 5.74. The molecule has 0 atom stereocenters. The number of halogens is 4. The highest BCUT2D eigenvalue weighted by atomic mass is 35.5. The second-order valence-electron chi connectivity index (χ2n) is 3.16. The van der Waals surface area contributed by atoms with Crippen LogP contribution < -0.4 is 0 Å². The van der Waals surface area contributed by atoms with Crippen molar-refractivity contribution < 1.29 is 18.5 Å². The minimum Gasteiger partial charge on any atom is -0.302 e. The van der Waals surface area contributed by atoms with E-state index in [1.165, 1.54) is 13.8 Å². The molecule has 0 aromatic heterocycles. The molecular formula is C6H11Cl4O4P. The van der Waals surface area contributed by atoms with Crippen molar-refractivity contribution in [1.82, 2.24) is 0 Å². The van der Waals surface area contributed by atoms with E-state index in [1.807, 2.05) is 0 Å². The van der Waals surface area contributed by atoms with Gasteiger partial charge in [-0.15, -0.1) is 0 Å². The van der Waals surface area contributed by atoms with Gasteiger partial charge in [-0.1, -0.05) is 46.4 Å². The summed E-state index contributed by atoms with van der Waals surface area (Å²) in [6.07, 6.45) is 0. The van der Waals surface area contributed by atoms with Gasteiger partial charge in [0, 0.05) is 0 Å². The van der Waals surface area contributed by atoms with Crippen LogP contribution in [0.15, 0.2) is 0 Å². The molecule has 0 unspecified atom stereocenters. The van der Waals surface area contributed by atoms with E-state index >= 15 is 0 Å². The lowest BCUT2D eigenvalue weighted by molar-refractivity contribution is 0.145. The van der Waals surface area contributed by atoms with Crippen LogP contribution >= 0.6 is 54.2 Å². The van der Waals surface area contributed by atoms with Crippen LogP contribution in [0.3, 0.4) is 0 Å². The van der Waals surface area contributed by atoms with Gasteiger partial charge in [-0.05, 0) is 13.8 Å². The third-order valence-corrected chi connectivity index (χ3v) is 2.31. The first kappa shape index (κ1) is 16.3. The lowest BCUT2D eigenvalue weighted by atomic mass is 10.5. The van der Waals surface area contributed by atoms with E-state index in [4.69, 9.17) is 51.3 Å². The first-order chi connectivity index (χ1) is 6.41. The Morgan fingerprint density at radius 3 is 1.53 bits per heavy atom. The van der Waals surface area contributed by atoms with E-state index in [0.29, 0.717) is 0 Å². The molecule has 1 N–H and O–H groups in total. The molecule has 0 aliphatic rings. The summed E-state index contributed by atoms with van der Waals surface area (Å²) in [5.74, 6) is 0. The Morgan fingerprint density at radius 2 is 1.33 bits per heavy atom. The molecule has 4 nitrogen and oxygen atoms in total. The smallest absolute Gasteiger partial charge is 0.302 e. The number of phosphoric ester groups is 1. The Kier molecular flexibility index (Phi) is 6.23. The van der Waals surface area contributed by atoms with Crippen LogP contribution in [-0.4, -0.2) is 26.8 Å². The fraction of sp³-hybridized carbons (Fsp3) is 1.00. The van der Waals surface area contributed by atoms with Gasteiger partial charge in [0.25, 0.3) is 0 Å². The van der Waals surface area contributed by atoms with Crippen molar-refractivity contribution in [2.45, 2.75) is 22.5 Å². The zero-order valence-electron chi connectivity index (χ0n) is 8.05. The highest BCUT2D eigenvalue weighted by molar-refractivity contribution is 7.47. The molecule has 0 radical (unpaired) electrons. The maximum Gasteiger partial charge on any atom is 0.472 e. The fourth-order valence-electron chi connectivity index (χ4n) is 0.427. The molecule has 92 valence electrons. The standard InChI is InChI=1S/C6H11Cl4O4P/c1-5(7,8)3-13-15(11,12)14-4-6(2,9)10/h3-4H2,1-2H3,(H,11,12). The summed E-state index contributed by atoms with van der Waals surface area (Å²) in [5.41, 5.74) is 0. The van der Waals surface area contributed by atoms with E-state index in [9.17, 15) is 4.57 Å². The Labute approximate surface area is 108 Å². The predicted octanol–water partition coefficient (Wildman–Crippen LogP) is 3.51. The van der Waals surface area contributed by atoms with Crippen LogP contribution in [0.5, 0.6) is 0 Å². The van der Waals surface area contributed by atoms with Crippen LogP contribution in [-0.2, 0) is 13.6 Å². The van der Waals surface area contributed by atoms with Crippen LogP contribution in [0.4, 0.5) is 0 Å². The van der Waals surface area contributed by atoms with Gasteiger partial charge in [0.05, 0.1) is 13.2 Å². The van der Waals surface area contributed by atoms with Crippen molar-refractivity contribution in [3.63, 3.8) is 0 Å². The quantitative estimate of drug-likeness (QED) is 0.601. The molecule has 0 heterocycles. The molecule has 0 amide bonds. The molecule has 15 heavy (non-hydrogen) atoms. The van der Waals surface area contributed by atoms with Crippen molar-refractivity contribution in [2.24, 2.45) is 0 Å². The minimum absolute atomic E-state index is 0.356. The maximum absolute atomic E-state index is 11.2. The van der Waals surface area contributed by atoms with Gasteiger partial charge in [-0.2, -0.15) is 0 Å². The molecule has 0 spiro atoms. The molecular weight excluding hydrogens is 309 g/mol. The highest BCUT2D eigenvalue weighted by Crippen LogP contribution is 2.46. The third-order valence-electron chi connectivity index (χ3n) is 0.962. The van der Waals surface area contributed by atoms with Crippen LogP contribution in [0.2, 0.25) is 0 Å². The number of phosphoric acid groups is 1. The summed E-state index contributed by atoms with van der Waals surface area (Å²) >= 11 is 22.1. The van der Waals surface area contributed by atoms with Crippen molar-refractivity contribution in [1.29, 1.82) is 0 Å². The third kappa shape index (κ3) is 11.5. The summed E-state index contributed by atoms with van der Waals surface area (Å²) in [4.78, 5) is 9.12. The largest absolute Gasteiger partial charge is 0.472 e. The molecule has 0 aromatic carbocycles. The molecule has 0 rings (SSSR count). The average molecular weight is 320 g/mol. The topological polar surface area (TPSA) is 55.8 Å². The number of hydrogen-bond acceptors (Lipinski definition) is 3. The first-order valence-corrected chi connectivity index (χ1v) is 6.80. The monoisotopic (exact) mass is 318 g/mol. The van der Waals surface area contributed by atoms with Crippen LogP contribution in [0.25, 0.3) is 0 Å². The van der Waals surface area contributed by atoms with E-state index in [1.54, 1.807) is 0 Å². The predicted molar refractivity (Wildman–Crippen MR) is 62.0 cm³/mol. The zero-order valence-corrected chi connectivity index (χ0v) is 12.0. The molecule has 9 heteroatoms. The van der Waals surface area contributed by atoms with Gasteiger partial charge < -0.3 is 4.89 Å². The number of hydrogen-bond donors (Lipinski definition) is 1. The van der Waals surface area contributed by atoms with Crippen LogP contribution in [0, 0.1) is 0 Å². The Bertz CT molecular complexity index is 224. The van der Waals surface area contributed by atoms with Crippen LogP contribution in [0.1, 0.15) is 13.8 Å². The first-order valence-electron chi connectivity index (χ1n) is 3.79. The summed E-state index contributed by atoms with van der Waals surface area (Å²) in [7, 11) is -4.22. The summed E-state index contributed by atoms with van der Waals surface area (Å²) in [6, 6.07) is 0. The fourth-order valence-corrected chi connectivity index (χ4v) is 1.87. The summed E-state index contributed by atoms with van der Waals surface area (Å²) in [5, 5.41) is 0. The SMILES string of the molecule is CC(Cl)(Cl)COP(=O)(O)OCC(C)(Cl)Cl. The zero-order chi connectivity index (χ0) is 12.3. The normalized spacial score (nSPS) is 14.3. The van der Waals surface area contributed by atoms with Gasteiger partial charge in [0.1, 0.15) is 8.67 Å². The second-order valence-corrected chi connectivity index (χ2v) is 8.33. The van der Waals surface area contributed by atoms with Gasteiger partial charge in [-0.25, -0.2) is 4.57 Å². The summed E-state index contributed by atoms with van der Waals surface area (Å²) in [6.45, 7) is 2.10. The molecule has 0 bridgehead atoms. The molecule has 0 aromatic rings. The van der Waals surface area contributed by atoms with E-state index in [-0.39, 0.29) is 13.2 Å². The maximum atomic E-state index is 11.2. The van der Waals surface area contributed by atoms with Crippen molar-refractivity contribution in [2.75, 3.05) is 13.2 Å². The number of alkyl halides is 4. The van der Waals surface area contributed by atoms with Gasteiger partial charge in [-0.3, -0.25) is 9.05 Å². The highest BCUT2D eigenvalue weighted by Gasteiger charge is 2.30. The Morgan fingerprint density at radius 1 is 1.07 bits per heavy atom. The average Bonchev–Trinajstić information content (AvgIpc) is 1.96. The minimum atomic E-state index is -4.22. The van der Waals surface area contributed by atoms with E-state index in [2.05, 4.69) is 9.05 Å². The van der Waals surface area contributed by atoms with Gasteiger partial charge in [0.15, 0.2) is 0 Å². The molecule has 0 aliphatic carbocycles. The Balaban J connectivity index is 4.04. The van der Waals surface area contributed by atoms with Gasteiger partial charge >= 0.3 is 7.82 Å². The summed E-state index contributed by atoms with van der Waals surface area (Å²) < 4.78 is 17.6. The van der Waals surface area contributed by atoms with E-state index < -0.39 is 16.5 Å². The van der Waals surface area contributed by atoms with Gasteiger partial charge in [0.2, 0.25) is 0 Å². The van der Waals surface area contributed by atoms with Crippen molar-refractivity contribution in [3.05, 3.63) is 0 Å². The lowest BCUT2D eigenvalue weighted by Crippen LogP contribution is -2.18. The molecule has 0 saturated heterocycles. The Hall–Kier alpha value is 1.27. The van der Waals surface area contributed by atoms with Crippen molar-refractivity contribution in [3.8, 4) is 0 Å². The molecule has 0 saturated carbocycles. The van der Waals surface area contributed by atoms with E-state index in [0.717, 1.165) is 0 Å². The van der Waals surface area contributed by atoms with Crippen molar-refractivity contribution >= 4 is 54.2 Å². The molecule has 0 fully saturated rings. The molecule has 0 aliphatic heterocycles. The lowest BCUT2D eigenvalue weighted by Gasteiger charge is -2.19. The number of rotatable bonds is 6.